The molecule has 0 radical (unpaired) electrons. The number of carbonyl (C=O) groups excluding carboxylic acids is 1. The van der Waals surface area contributed by atoms with Gasteiger partial charge in [-0.3, -0.25) is 0 Å². The van der Waals surface area contributed by atoms with Crippen LogP contribution in [0.3, 0.4) is 0 Å². The van der Waals surface area contributed by atoms with Crippen molar-refractivity contribution in [3.05, 3.63) is 0 Å². The van der Waals surface area contributed by atoms with Crippen LogP contribution in [0.2, 0.25) is 0 Å². The fraction of sp³-hybridized carbons (Fsp3) is 0.923. The van der Waals surface area contributed by atoms with E-state index in [9.17, 15) is 4.79 Å². The molecule has 0 aromatic rings. The van der Waals surface area contributed by atoms with Crippen LogP contribution in [0.1, 0.15) is 40.0 Å². The van der Waals surface area contributed by atoms with Crippen molar-refractivity contribution in [2.75, 3.05) is 7.11 Å². The maximum atomic E-state index is 11.8. The van der Waals surface area contributed by atoms with Gasteiger partial charge in [0, 0.05) is 0 Å². The van der Waals surface area contributed by atoms with Gasteiger partial charge in [-0.1, -0.05) is 13.8 Å². The lowest BCUT2D eigenvalue weighted by molar-refractivity contribution is -0.147. The Hall–Kier alpha value is -0.570. The zero-order chi connectivity index (χ0) is 11.8. The van der Waals surface area contributed by atoms with E-state index >= 15 is 0 Å². The van der Waals surface area contributed by atoms with Crippen LogP contribution in [0.25, 0.3) is 0 Å². The first-order chi connectivity index (χ1) is 7.38. The van der Waals surface area contributed by atoms with Gasteiger partial charge in [-0.2, -0.15) is 0 Å². The van der Waals surface area contributed by atoms with Crippen molar-refractivity contribution < 1.29 is 14.3 Å². The van der Waals surface area contributed by atoms with Crippen LogP contribution in [0.4, 0.5) is 0 Å². The van der Waals surface area contributed by atoms with Gasteiger partial charge in [0.25, 0.3) is 0 Å². The van der Waals surface area contributed by atoms with E-state index in [1.807, 2.05) is 6.92 Å². The Morgan fingerprint density at radius 2 is 2.06 bits per heavy atom. The van der Waals surface area contributed by atoms with Crippen LogP contribution in [-0.2, 0) is 14.3 Å². The van der Waals surface area contributed by atoms with E-state index in [0.717, 1.165) is 12.3 Å². The van der Waals surface area contributed by atoms with Gasteiger partial charge in [0.15, 0.2) is 5.60 Å². The predicted octanol–water partition coefficient (Wildman–Crippen LogP) is 2.14. The molecule has 4 rings (SSSR count). The molecule has 3 aliphatic carbocycles. The summed E-state index contributed by atoms with van der Waals surface area (Å²) in [6.45, 7) is 6.52. The highest BCUT2D eigenvalue weighted by Gasteiger charge is 2.81. The number of carbonyl (C=O) groups is 1. The Bertz CT molecular complexity index is 360. The molecule has 1 heterocycles. The van der Waals surface area contributed by atoms with E-state index in [2.05, 4.69) is 13.8 Å². The van der Waals surface area contributed by atoms with Crippen molar-refractivity contribution in [1.29, 1.82) is 0 Å². The molecule has 3 saturated carbocycles. The summed E-state index contributed by atoms with van der Waals surface area (Å²) in [5, 5.41) is 0. The third-order valence-electron chi connectivity index (χ3n) is 5.62. The van der Waals surface area contributed by atoms with Gasteiger partial charge in [0.05, 0.1) is 7.11 Å². The molecule has 0 amide bonds. The Morgan fingerprint density at radius 1 is 1.38 bits per heavy atom. The molecule has 1 spiro atoms. The molecule has 1 saturated heterocycles. The Morgan fingerprint density at radius 3 is 2.56 bits per heavy atom. The van der Waals surface area contributed by atoms with Crippen molar-refractivity contribution in [1.82, 2.24) is 0 Å². The lowest BCUT2D eigenvalue weighted by Gasteiger charge is -2.59. The highest BCUT2D eigenvalue weighted by molar-refractivity contribution is 5.84. The first-order valence-corrected chi connectivity index (χ1v) is 6.17. The standard InChI is InChI=1S/C13H20O3/c1-11(2)8-5-6-13(9(11)7-8)12(3,16-13)10(14)15-4/h8-9H,5-7H2,1-4H3. The fourth-order valence-electron chi connectivity index (χ4n) is 4.30. The Balaban J connectivity index is 1.90. The van der Waals surface area contributed by atoms with E-state index in [1.165, 1.54) is 20.0 Å². The second-order valence-corrected chi connectivity index (χ2v) is 6.36. The summed E-state index contributed by atoms with van der Waals surface area (Å²) in [7, 11) is 1.44. The van der Waals surface area contributed by atoms with Gasteiger partial charge in [-0.25, -0.2) is 4.79 Å². The minimum absolute atomic E-state index is 0.200. The molecule has 90 valence electrons. The van der Waals surface area contributed by atoms with Gasteiger partial charge in [-0.05, 0) is 43.4 Å². The number of methoxy groups -OCH3 is 1. The molecule has 3 heteroatoms. The first kappa shape index (κ1) is 10.6. The molecule has 4 fully saturated rings. The lowest BCUT2D eigenvalue weighted by atomic mass is 9.44. The number of esters is 1. The van der Waals surface area contributed by atoms with E-state index in [4.69, 9.17) is 9.47 Å². The molecule has 0 aromatic carbocycles. The van der Waals surface area contributed by atoms with Crippen LogP contribution >= 0.6 is 0 Å². The second-order valence-electron chi connectivity index (χ2n) is 6.36. The van der Waals surface area contributed by atoms with Gasteiger partial charge >= 0.3 is 5.97 Å². The number of epoxide rings is 1. The molecule has 4 atom stereocenters. The van der Waals surface area contributed by atoms with Crippen molar-refractivity contribution in [3.63, 3.8) is 0 Å². The second kappa shape index (κ2) is 2.63. The lowest BCUT2D eigenvalue weighted by Crippen LogP contribution is -2.59. The normalized spacial score (nSPS) is 52.0. The average Bonchev–Trinajstić information content (AvgIpc) is 2.82. The molecular weight excluding hydrogens is 204 g/mol. The van der Waals surface area contributed by atoms with Crippen LogP contribution in [0.5, 0.6) is 0 Å². The van der Waals surface area contributed by atoms with Gasteiger partial charge in [-0.15, -0.1) is 0 Å². The molecule has 16 heavy (non-hydrogen) atoms. The molecule has 4 aliphatic rings. The molecule has 0 N–H and O–H groups in total. The Labute approximate surface area is 96.5 Å². The van der Waals surface area contributed by atoms with Crippen molar-refractivity contribution >= 4 is 5.97 Å². The van der Waals surface area contributed by atoms with E-state index in [1.54, 1.807) is 0 Å². The zero-order valence-corrected chi connectivity index (χ0v) is 10.5. The highest BCUT2D eigenvalue weighted by atomic mass is 16.7. The number of hydrogen-bond donors (Lipinski definition) is 0. The Kier molecular flexibility index (Phi) is 1.74. The third kappa shape index (κ3) is 0.885. The SMILES string of the molecule is COC(=O)C1(C)OC12CCC1CC2C1(C)C. The third-order valence-corrected chi connectivity index (χ3v) is 5.62. The summed E-state index contributed by atoms with van der Waals surface area (Å²) in [6.07, 6.45) is 3.44. The van der Waals surface area contributed by atoms with Crippen molar-refractivity contribution in [2.45, 2.75) is 51.2 Å². The van der Waals surface area contributed by atoms with Crippen molar-refractivity contribution in [2.24, 2.45) is 17.3 Å². The predicted molar refractivity (Wildman–Crippen MR) is 58.8 cm³/mol. The molecular formula is C13H20O3. The minimum atomic E-state index is -0.672. The van der Waals surface area contributed by atoms with Crippen LogP contribution < -0.4 is 0 Å². The molecule has 1 aliphatic heterocycles. The number of rotatable bonds is 1. The molecule has 2 bridgehead atoms. The number of ether oxygens (including phenoxy) is 2. The maximum Gasteiger partial charge on any atom is 0.340 e. The topological polar surface area (TPSA) is 38.8 Å². The molecule has 0 aromatic heterocycles. The summed E-state index contributed by atoms with van der Waals surface area (Å²) < 4.78 is 10.8. The van der Waals surface area contributed by atoms with E-state index < -0.39 is 5.60 Å². The van der Waals surface area contributed by atoms with Crippen LogP contribution in [-0.4, -0.2) is 24.3 Å². The highest BCUT2D eigenvalue weighted by Crippen LogP contribution is 2.73. The summed E-state index contributed by atoms with van der Waals surface area (Å²) >= 11 is 0. The maximum absolute atomic E-state index is 11.8. The van der Waals surface area contributed by atoms with E-state index in [0.29, 0.717) is 11.3 Å². The zero-order valence-electron chi connectivity index (χ0n) is 10.5. The minimum Gasteiger partial charge on any atom is -0.467 e. The average molecular weight is 224 g/mol. The van der Waals surface area contributed by atoms with Gasteiger partial charge in [0.2, 0.25) is 0 Å². The number of hydrogen-bond acceptors (Lipinski definition) is 3. The quantitative estimate of drug-likeness (QED) is 0.506. The first-order valence-electron chi connectivity index (χ1n) is 6.17. The van der Waals surface area contributed by atoms with Gasteiger partial charge < -0.3 is 9.47 Å². The summed E-state index contributed by atoms with van der Waals surface area (Å²) in [5.74, 6) is 1.16. The number of fused-ring (bicyclic) bond motifs is 1. The van der Waals surface area contributed by atoms with Crippen molar-refractivity contribution in [3.8, 4) is 0 Å². The van der Waals surface area contributed by atoms with Crippen LogP contribution in [0, 0.1) is 17.3 Å². The largest absolute Gasteiger partial charge is 0.467 e. The molecule has 4 unspecified atom stereocenters. The fourth-order valence-corrected chi connectivity index (χ4v) is 4.30. The summed E-state index contributed by atoms with van der Waals surface area (Å²) in [4.78, 5) is 11.8. The summed E-state index contributed by atoms with van der Waals surface area (Å²) in [6, 6.07) is 0. The van der Waals surface area contributed by atoms with Gasteiger partial charge in [0.1, 0.15) is 5.60 Å². The summed E-state index contributed by atoms with van der Waals surface area (Å²) in [5.41, 5.74) is -0.544. The molecule has 3 nitrogen and oxygen atoms in total. The van der Waals surface area contributed by atoms with Crippen LogP contribution in [0.15, 0.2) is 0 Å². The monoisotopic (exact) mass is 224 g/mol. The smallest absolute Gasteiger partial charge is 0.340 e. The van der Waals surface area contributed by atoms with E-state index in [-0.39, 0.29) is 11.6 Å².